The molecule has 2 aliphatic rings. The van der Waals surface area contributed by atoms with Crippen LogP contribution in [-0.4, -0.2) is 61.4 Å². The number of aliphatic imine (C=N–C) groups is 1. The molecule has 0 aliphatic carbocycles. The van der Waals surface area contributed by atoms with Crippen molar-refractivity contribution in [3.8, 4) is 5.75 Å². The number of rotatable bonds is 7. The van der Waals surface area contributed by atoms with Crippen molar-refractivity contribution in [1.82, 2.24) is 9.88 Å². The third-order valence-corrected chi connectivity index (χ3v) is 8.07. The van der Waals surface area contributed by atoms with Gasteiger partial charge in [0.2, 0.25) is 10.0 Å². The fourth-order valence-corrected chi connectivity index (χ4v) is 5.81. The fraction of sp³-hybridized carbons (Fsp3) is 0.519. The van der Waals surface area contributed by atoms with Crippen molar-refractivity contribution < 1.29 is 22.7 Å². The van der Waals surface area contributed by atoms with Crippen LogP contribution >= 0.6 is 11.3 Å². The molecule has 0 spiro atoms. The van der Waals surface area contributed by atoms with Crippen molar-refractivity contribution in [3.63, 3.8) is 0 Å². The predicted molar refractivity (Wildman–Crippen MR) is 154 cm³/mol. The van der Waals surface area contributed by atoms with Crippen LogP contribution in [0.3, 0.4) is 0 Å². The minimum absolute atomic E-state index is 0.0111. The number of thiazole rings is 1. The molecule has 3 heterocycles. The molecule has 1 aromatic heterocycles. The van der Waals surface area contributed by atoms with E-state index in [9.17, 15) is 13.2 Å². The first-order chi connectivity index (χ1) is 18.3. The van der Waals surface area contributed by atoms with Gasteiger partial charge in [-0.05, 0) is 78.0 Å². The van der Waals surface area contributed by atoms with Crippen molar-refractivity contribution in [3.05, 3.63) is 35.3 Å². The number of nitrogens with two attached hydrogens (primary N) is 1. The van der Waals surface area contributed by atoms with E-state index in [2.05, 4.69) is 11.4 Å². The number of sulfonamides is 1. The van der Waals surface area contributed by atoms with Crippen LogP contribution < -0.4 is 15.2 Å². The number of amides is 1. The van der Waals surface area contributed by atoms with Crippen LogP contribution in [0, 0.1) is 5.92 Å². The summed E-state index contributed by atoms with van der Waals surface area (Å²) >= 11 is 1.40. The number of primary sulfonamides is 1. The van der Waals surface area contributed by atoms with E-state index < -0.39 is 15.6 Å². The molecule has 1 fully saturated rings. The van der Waals surface area contributed by atoms with Crippen LogP contribution in [0.5, 0.6) is 5.75 Å². The molecule has 212 valence electrons. The Labute approximate surface area is 234 Å². The highest BCUT2D eigenvalue weighted by atomic mass is 32.2. The van der Waals surface area contributed by atoms with Crippen molar-refractivity contribution in [2.75, 3.05) is 18.4 Å². The monoisotopic (exact) mass is 575 g/mol. The largest absolute Gasteiger partial charge is 0.489 e. The molecule has 2 aromatic rings. The molecule has 1 saturated heterocycles. The van der Waals surface area contributed by atoms with E-state index in [1.807, 2.05) is 46.2 Å². The minimum atomic E-state index is -3.87. The Morgan fingerprint density at radius 2 is 1.95 bits per heavy atom. The Bertz CT molecular complexity index is 1350. The summed E-state index contributed by atoms with van der Waals surface area (Å²) in [5, 5.41) is 11.0. The standard InChI is InChI=1S/C27H37N5O5S2/c1-17(2)36-24-9-7-20(39(28,34)35)14-22(24)30-25-31-23(16-38-25)19-6-8-21(29-15-19)18-10-12-32(13-11-18)26(33)37-27(3,4)5/h6-7,9,14-18,21H,8,10-13H2,1-5H3,(H,30,31)(H2,28,34,35). The molecule has 1 unspecified atom stereocenters. The topological polar surface area (TPSA) is 136 Å². The van der Waals surface area contributed by atoms with E-state index >= 15 is 0 Å². The zero-order valence-electron chi connectivity index (χ0n) is 23.0. The summed E-state index contributed by atoms with van der Waals surface area (Å²) in [6.45, 7) is 10.8. The Morgan fingerprint density at radius 1 is 1.23 bits per heavy atom. The van der Waals surface area contributed by atoms with Gasteiger partial charge in [-0.25, -0.2) is 23.3 Å². The van der Waals surface area contributed by atoms with E-state index in [-0.39, 0.29) is 23.1 Å². The van der Waals surface area contributed by atoms with Crippen molar-refractivity contribution in [1.29, 1.82) is 0 Å². The summed E-state index contributed by atoms with van der Waals surface area (Å²) in [5.74, 6) is 0.920. The average Bonchev–Trinajstić information content (AvgIpc) is 3.32. The highest BCUT2D eigenvalue weighted by molar-refractivity contribution is 7.89. The number of nitrogens with zero attached hydrogens (tertiary/aromatic N) is 3. The molecule has 0 saturated carbocycles. The van der Waals surface area contributed by atoms with E-state index in [0.717, 1.165) is 30.5 Å². The SMILES string of the molecule is CC(C)Oc1ccc(S(N)(=O)=O)cc1Nc1nc(C2=CCC(C3CCN(C(=O)OC(C)(C)C)CC3)N=C2)cs1. The summed E-state index contributed by atoms with van der Waals surface area (Å²) in [6.07, 6.45) is 6.29. The second-order valence-electron chi connectivity index (χ2n) is 11.1. The number of carbonyl (C=O) groups excluding carboxylic acids is 1. The van der Waals surface area contributed by atoms with Gasteiger partial charge in [-0.2, -0.15) is 0 Å². The molecule has 10 nitrogen and oxygen atoms in total. The lowest BCUT2D eigenvalue weighted by atomic mass is 9.86. The summed E-state index contributed by atoms with van der Waals surface area (Å²) in [5.41, 5.74) is 1.71. The Kier molecular flexibility index (Phi) is 8.67. The van der Waals surface area contributed by atoms with Gasteiger partial charge in [-0.1, -0.05) is 6.08 Å². The maximum atomic E-state index is 12.4. The molecule has 0 bridgehead atoms. The zero-order valence-corrected chi connectivity index (χ0v) is 24.6. The Balaban J connectivity index is 1.37. The van der Waals surface area contributed by atoms with Crippen LogP contribution in [0.25, 0.3) is 5.57 Å². The normalized spacial score (nSPS) is 18.7. The molecule has 0 radical (unpaired) electrons. The third kappa shape index (κ3) is 7.80. The van der Waals surface area contributed by atoms with Crippen LogP contribution in [-0.2, 0) is 14.8 Å². The lowest BCUT2D eigenvalue weighted by molar-refractivity contribution is 0.0175. The highest BCUT2D eigenvalue weighted by Gasteiger charge is 2.31. The molecule has 39 heavy (non-hydrogen) atoms. The molecule has 1 aromatic carbocycles. The third-order valence-electron chi connectivity index (χ3n) is 6.40. The number of anilines is 2. The summed E-state index contributed by atoms with van der Waals surface area (Å²) in [7, 11) is -3.87. The van der Waals surface area contributed by atoms with Crippen LogP contribution in [0.2, 0.25) is 0 Å². The van der Waals surface area contributed by atoms with Crippen molar-refractivity contribution in [2.24, 2.45) is 16.0 Å². The van der Waals surface area contributed by atoms with E-state index in [0.29, 0.717) is 35.6 Å². The number of dihydropyridines is 1. The predicted octanol–water partition coefficient (Wildman–Crippen LogP) is 5.19. The van der Waals surface area contributed by atoms with Gasteiger partial charge in [0, 0.05) is 30.3 Å². The molecule has 2 aliphatic heterocycles. The number of nitrogens with one attached hydrogen (secondary N) is 1. The van der Waals surface area contributed by atoms with Crippen molar-refractivity contribution in [2.45, 2.75) is 76.5 Å². The van der Waals surface area contributed by atoms with Gasteiger partial charge in [-0.15, -0.1) is 11.3 Å². The number of hydrogen-bond acceptors (Lipinski definition) is 9. The molecular weight excluding hydrogens is 538 g/mol. The Morgan fingerprint density at radius 3 is 2.54 bits per heavy atom. The first-order valence-corrected chi connectivity index (χ1v) is 15.5. The summed E-state index contributed by atoms with van der Waals surface area (Å²) in [4.78, 5) is 23.7. The first-order valence-electron chi connectivity index (χ1n) is 13.1. The molecule has 4 rings (SSSR count). The Hall–Kier alpha value is -2.96. The van der Waals surface area contributed by atoms with Gasteiger partial charge in [0.25, 0.3) is 0 Å². The number of allylic oxidation sites excluding steroid dienone is 1. The molecule has 3 N–H and O–H groups in total. The van der Waals surface area contributed by atoms with Gasteiger partial charge < -0.3 is 19.7 Å². The molecule has 1 amide bonds. The van der Waals surface area contributed by atoms with Gasteiger partial charge in [-0.3, -0.25) is 4.99 Å². The summed E-state index contributed by atoms with van der Waals surface area (Å²) < 4.78 is 35.1. The average molecular weight is 576 g/mol. The highest BCUT2D eigenvalue weighted by Crippen LogP contribution is 2.34. The van der Waals surface area contributed by atoms with E-state index in [1.54, 1.807) is 11.0 Å². The van der Waals surface area contributed by atoms with Crippen LogP contribution in [0.1, 0.15) is 59.6 Å². The van der Waals surface area contributed by atoms with Crippen LogP contribution in [0.15, 0.2) is 39.5 Å². The number of piperidine rings is 1. The second-order valence-corrected chi connectivity index (χ2v) is 13.5. The van der Waals surface area contributed by atoms with Gasteiger partial charge in [0.15, 0.2) is 5.13 Å². The first kappa shape index (κ1) is 29.0. The number of carbonyl (C=O) groups is 1. The van der Waals surface area contributed by atoms with Crippen molar-refractivity contribution >= 4 is 50.1 Å². The van der Waals surface area contributed by atoms with E-state index in [1.165, 1.54) is 23.5 Å². The van der Waals surface area contributed by atoms with Gasteiger partial charge in [0.05, 0.1) is 28.4 Å². The van der Waals surface area contributed by atoms with Gasteiger partial charge in [0.1, 0.15) is 11.4 Å². The van der Waals surface area contributed by atoms with Crippen LogP contribution in [0.4, 0.5) is 15.6 Å². The molecular formula is C27H37N5O5S2. The zero-order chi connectivity index (χ0) is 28.4. The lowest BCUT2D eigenvalue weighted by Crippen LogP contribution is -2.43. The number of hydrogen-bond donors (Lipinski definition) is 2. The maximum Gasteiger partial charge on any atom is 0.410 e. The number of aromatic nitrogens is 1. The fourth-order valence-electron chi connectivity index (χ4n) is 4.53. The lowest BCUT2D eigenvalue weighted by Gasteiger charge is -2.35. The minimum Gasteiger partial charge on any atom is -0.489 e. The summed E-state index contributed by atoms with van der Waals surface area (Å²) in [6, 6.07) is 4.65. The van der Waals surface area contributed by atoms with Gasteiger partial charge >= 0.3 is 6.09 Å². The van der Waals surface area contributed by atoms with E-state index in [4.69, 9.17) is 24.6 Å². The smallest absolute Gasteiger partial charge is 0.410 e. The second kappa shape index (κ2) is 11.6. The molecule has 12 heteroatoms. The number of ether oxygens (including phenoxy) is 2. The number of likely N-dealkylation sites (tertiary alicyclic amines) is 1. The maximum absolute atomic E-state index is 12.4. The quantitative estimate of drug-likeness (QED) is 0.463. The number of benzene rings is 1. The molecule has 1 atom stereocenters.